The summed E-state index contributed by atoms with van der Waals surface area (Å²) in [6, 6.07) is 5.53. The van der Waals surface area contributed by atoms with Gasteiger partial charge in [0.15, 0.2) is 0 Å². The Morgan fingerprint density at radius 1 is 1.28 bits per heavy atom. The minimum atomic E-state index is -1.16. The molecule has 1 aliphatic rings. The Kier molecular flexibility index (Phi) is 5.82. The number of aryl methyl sites for hydroxylation is 1. The van der Waals surface area contributed by atoms with Gasteiger partial charge in [0.2, 0.25) is 5.91 Å². The van der Waals surface area contributed by atoms with Gasteiger partial charge in [-0.15, -0.1) is 0 Å². The number of nitrogens with one attached hydrogen (secondary N) is 1. The minimum absolute atomic E-state index is 0.0941. The monoisotopic (exact) mass is 365 g/mol. The molecule has 0 saturated heterocycles. The molecule has 0 radical (unpaired) electrons. The molecule has 1 fully saturated rings. The van der Waals surface area contributed by atoms with Crippen LogP contribution in [0.1, 0.15) is 57.6 Å². The van der Waals surface area contributed by atoms with Crippen LogP contribution >= 0.6 is 11.6 Å². The maximum Gasteiger partial charge on any atom is 0.329 e. The molecule has 0 atom stereocenters. The maximum absolute atomic E-state index is 12.5. The number of benzene rings is 1. The van der Waals surface area contributed by atoms with Gasteiger partial charge in [-0.1, -0.05) is 44.5 Å². The van der Waals surface area contributed by atoms with Crippen LogP contribution in [-0.2, 0) is 16.0 Å². The maximum atomic E-state index is 12.5. The molecule has 25 heavy (non-hydrogen) atoms. The van der Waals surface area contributed by atoms with Crippen LogP contribution in [-0.4, -0.2) is 22.5 Å². The van der Waals surface area contributed by atoms with Crippen LogP contribution in [0.5, 0.6) is 0 Å². The van der Waals surface area contributed by atoms with Crippen molar-refractivity contribution in [2.75, 3.05) is 0 Å². The molecule has 1 aromatic rings. The highest BCUT2D eigenvalue weighted by Gasteiger charge is 2.45. The summed E-state index contributed by atoms with van der Waals surface area (Å²) in [5, 5.41) is 13.1. The number of amides is 1. The molecular weight excluding hydrogens is 338 g/mol. The molecule has 0 aliphatic heterocycles. The molecule has 1 aliphatic carbocycles. The second-order valence-corrected chi connectivity index (χ2v) is 8.75. The van der Waals surface area contributed by atoms with Crippen molar-refractivity contribution in [3.63, 3.8) is 0 Å². The third-order valence-corrected chi connectivity index (χ3v) is 5.76. The van der Waals surface area contributed by atoms with Crippen LogP contribution in [0.2, 0.25) is 5.02 Å². The molecule has 1 saturated carbocycles. The van der Waals surface area contributed by atoms with Crippen LogP contribution in [0, 0.1) is 18.3 Å². The molecule has 1 amide bonds. The fraction of sp³-hybridized carbons (Fsp3) is 0.600. The lowest BCUT2D eigenvalue weighted by Crippen LogP contribution is -2.57. The van der Waals surface area contributed by atoms with Gasteiger partial charge in [-0.25, -0.2) is 4.79 Å². The van der Waals surface area contributed by atoms with Crippen LogP contribution < -0.4 is 5.32 Å². The summed E-state index contributed by atoms with van der Waals surface area (Å²) in [5.41, 5.74) is 0.741. The topological polar surface area (TPSA) is 66.4 Å². The summed E-state index contributed by atoms with van der Waals surface area (Å²) in [5.74, 6) is -0.756. The Bertz CT molecular complexity index is 655. The number of rotatable bonds is 4. The van der Waals surface area contributed by atoms with Crippen LogP contribution in [0.25, 0.3) is 0 Å². The molecule has 4 nitrogen and oxygen atoms in total. The first kappa shape index (κ1) is 19.8. The third kappa shape index (κ3) is 4.75. The van der Waals surface area contributed by atoms with Crippen molar-refractivity contribution in [2.45, 2.75) is 65.3 Å². The lowest BCUT2D eigenvalue weighted by atomic mass is 9.67. The summed E-state index contributed by atoms with van der Waals surface area (Å²) < 4.78 is 0. The SMILES string of the molecule is Cc1ccc(CC(=O)NC2(C(=O)O)CCC(C(C)(C)C)CC2)c(Cl)c1. The third-order valence-electron chi connectivity index (χ3n) is 5.41. The van der Waals surface area contributed by atoms with E-state index in [9.17, 15) is 14.7 Å². The quantitative estimate of drug-likeness (QED) is 0.832. The van der Waals surface area contributed by atoms with Gasteiger partial charge < -0.3 is 10.4 Å². The van der Waals surface area contributed by atoms with Crippen LogP contribution in [0.15, 0.2) is 18.2 Å². The number of aliphatic carboxylic acids is 1. The molecule has 2 N–H and O–H groups in total. The van der Waals surface area contributed by atoms with E-state index in [1.807, 2.05) is 25.1 Å². The van der Waals surface area contributed by atoms with E-state index < -0.39 is 11.5 Å². The van der Waals surface area contributed by atoms with Gasteiger partial charge >= 0.3 is 5.97 Å². The van der Waals surface area contributed by atoms with Crippen molar-refractivity contribution in [2.24, 2.45) is 11.3 Å². The van der Waals surface area contributed by atoms with Gasteiger partial charge in [0.25, 0.3) is 0 Å². The van der Waals surface area contributed by atoms with Crippen LogP contribution in [0.3, 0.4) is 0 Å². The van der Waals surface area contributed by atoms with Crippen molar-refractivity contribution >= 4 is 23.5 Å². The number of carbonyl (C=O) groups is 2. The average molecular weight is 366 g/mol. The average Bonchev–Trinajstić information content (AvgIpc) is 2.49. The molecule has 0 unspecified atom stereocenters. The predicted molar refractivity (Wildman–Crippen MR) is 99.8 cm³/mol. The van der Waals surface area contributed by atoms with E-state index >= 15 is 0 Å². The summed E-state index contributed by atoms with van der Waals surface area (Å²) in [6.07, 6.45) is 2.65. The van der Waals surface area contributed by atoms with Gasteiger partial charge in [0, 0.05) is 5.02 Å². The number of carboxylic acid groups (broad SMARTS) is 1. The van der Waals surface area contributed by atoms with Crippen molar-refractivity contribution < 1.29 is 14.7 Å². The number of hydrogen-bond acceptors (Lipinski definition) is 2. The van der Waals surface area contributed by atoms with Gasteiger partial charge in [-0.05, 0) is 61.1 Å². The van der Waals surface area contributed by atoms with Crippen molar-refractivity contribution in [3.8, 4) is 0 Å². The standard InChI is InChI=1S/C20H28ClNO3/c1-13-5-6-14(16(21)11-13)12-17(23)22-20(18(24)25)9-7-15(8-10-20)19(2,3)4/h5-6,11,15H,7-10,12H2,1-4H3,(H,22,23)(H,24,25). The van der Waals surface area contributed by atoms with E-state index in [4.69, 9.17) is 11.6 Å². The molecule has 0 heterocycles. The zero-order chi connectivity index (χ0) is 18.8. The minimum Gasteiger partial charge on any atom is -0.480 e. The molecule has 2 rings (SSSR count). The number of carboxylic acids is 1. The molecule has 0 bridgehead atoms. The lowest BCUT2D eigenvalue weighted by molar-refractivity contribution is -0.150. The largest absolute Gasteiger partial charge is 0.480 e. The van der Waals surface area contributed by atoms with E-state index in [-0.39, 0.29) is 17.7 Å². The molecule has 0 spiro atoms. The number of carbonyl (C=O) groups excluding carboxylic acids is 1. The molecule has 5 heteroatoms. The Morgan fingerprint density at radius 3 is 2.36 bits per heavy atom. The Hall–Kier alpha value is -1.55. The van der Waals surface area contributed by atoms with E-state index in [0.29, 0.717) is 29.3 Å². The normalized spacial score (nSPS) is 24.0. The molecule has 1 aromatic carbocycles. The smallest absolute Gasteiger partial charge is 0.329 e. The van der Waals surface area contributed by atoms with Gasteiger partial charge in [0.05, 0.1) is 6.42 Å². The molecule has 138 valence electrons. The van der Waals surface area contributed by atoms with E-state index in [1.165, 1.54) is 0 Å². The number of hydrogen-bond donors (Lipinski definition) is 2. The summed E-state index contributed by atoms with van der Waals surface area (Å²) >= 11 is 6.19. The molecular formula is C20H28ClNO3. The van der Waals surface area contributed by atoms with Gasteiger partial charge in [-0.2, -0.15) is 0 Å². The Morgan fingerprint density at radius 2 is 1.88 bits per heavy atom. The van der Waals surface area contributed by atoms with E-state index in [1.54, 1.807) is 0 Å². The fourth-order valence-electron chi connectivity index (χ4n) is 3.65. The Balaban J connectivity index is 2.07. The predicted octanol–water partition coefficient (Wildman–Crippen LogP) is 4.37. The summed E-state index contributed by atoms with van der Waals surface area (Å²) in [6.45, 7) is 8.49. The highest BCUT2D eigenvalue weighted by molar-refractivity contribution is 6.31. The summed E-state index contributed by atoms with van der Waals surface area (Å²) in [7, 11) is 0. The highest BCUT2D eigenvalue weighted by atomic mass is 35.5. The fourth-order valence-corrected chi connectivity index (χ4v) is 3.95. The second kappa shape index (κ2) is 7.36. The lowest BCUT2D eigenvalue weighted by Gasteiger charge is -2.42. The van der Waals surface area contributed by atoms with Gasteiger partial charge in [0.1, 0.15) is 5.54 Å². The van der Waals surface area contributed by atoms with Crippen molar-refractivity contribution in [1.29, 1.82) is 0 Å². The van der Waals surface area contributed by atoms with Gasteiger partial charge in [-0.3, -0.25) is 4.79 Å². The van der Waals surface area contributed by atoms with Crippen LogP contribution in [0.4, 0.5) is 0 Å². The highest BCUT2D eigenvalue weighted by Crippen LogP contribution is 2.41. The Labute approximate surface area is 155 Å². The molecule has 0 aromatic heterocycles. The first-order valence-corrected chi connectivity index (χ1v) is 9.21. The van der Waals surface area contributed by atoms with E-state index in [2.05, 4.69) is 26.1 Å². The zero-order valence-electron chi connectivity index (χ0n) is 15.5. The first-order valence-electron chi connectivity index (χ1n) is 8.83. The van der Waals surface area contributed by atoms with Crippen molar-refractivity contribution in [1.82, 2.24) is 5.32 Å². The summed E-state index contributed by atoms with van der Waals surface area (Å²) in [4.78, 5) is 24.4. The zero-order valence-corrected chi connectivity index (χ0v) is 16.2. The number of halogens is 1. The van der Waals surface area contributed by atoms with E-state index in [0.717, 1.165) is 18.4 Å². The first-order chi connectivity index (χ1) is 11.5. The second-order valence-electron chi connectivity index (χ2n) is 8.35. The van der Waals surface area contributed by atoms with Crippen molar-refractivity contribution in [3.05, 3.63) is 34.3 Å².